The van der Waals surface area contributed by atoms with Gasteiger partial charge >= 0.3 is 12.0 Å². The zero-order chi connectivity index (χ0) is 20.1. The number of amides is 2. The van der Waals surface area contributed by atoms with Crippen LogP contribution in [0.2, 0.25) is 0 Å². The summed E-state index contributed by atoms with van der Waals surface area (Å²) in [6.45, 7) is 2.78. The lowest BCUT2D eigenvalue weighted by Gasteiger charge is -2.28. The summed E-state index contributed by atoms with van der Waals surface area (Å²) in [6.07, 6.45) is 2.80. The number of nitrogens with zero attached hydrogens (tertiary/aromatic N) is 2. The van der Waals surface area contributed by atoms with Crippen LogP contribution in [0.15, 0.2) is 48.5 Å². The first-order valence-electron chi connectivity index (χ1n) is 9.65. The number of urea groups is 1. The first kappa shape index (κ1) is 19.7. The number of carboxylic acids is 1. The second-order valence-corrected chi connectivity index (χ2v) is 7.19. The Balaban J connectivity index is 1.69. The van der Waals surface area contributed by atoms with E-state index in [1.807, 2.05) is 0 Å². The van der Waals surface area contributed by atoms with Gasteiger partial charge in [-0.25, -0.2) is 4.79 Å². The Hall–Kier alpha value is -3.02. The zero-order valence-corrected chi connectivity index (χ0v) is 16.4. The average molecular weight is 381 g/mol. The van der Waals surface area contributed by atoms with E-state index in [-0.39, 0.29) is 6.03 Å². The predicted molar refractivity (Wildman–Crippen MR) is 110 cm³/mol. The van der Waals surface area contributed by atoms with Gasteiger partial charge in [0.2, 0.25) is 0 Å². The molecule has 2 N–H and O–H groups in total. The molecular weight excluding hydrogens is 354 g/mol. The monoisotopic (exact) mass is 381 g/mol. The van der Waals surface area contributed by atoms with E-state index in [2.05, 4.69) is 58.7 Å². The summed E-state index contributed by atoms with van der Waals surface area (Å²) in [4.78, 5) is 26.9. The Morgan fingerprint density at radius 1 is 1.07 bits per heavy atom. The van der Waals surface area contributed by atoms with E-state index in [1.54, 1.807) is 7.05 Å². The number of hydrogen-bond acceptors (Lipinski definition) is 3. The lowest BCUT2D eigenvalue weighted by Crippen LogP contribution is -2.45. The van der Waals surface area contributed by atoms with Crippen molar-refractivity contribution < 1.29 is 14.7 Å². The summed E-state index contributed by atoms with van der Waals surface area (Å²) < 4.78 is 0. The molecule has 2 aromatic rings. The van der Waals surface area contributed by atoms with Crippen molar-refractivity contribution in [2.75, 3.05) is 25.0 Å². The number of carbonyl (C=O) groups is 2. The molecule has 0 radical (unpaired) electrons. The van der Waals surface area contributed by atoms with E-state index in [4.69, 9.17) is 5.11 Å². The van der Waals surface area contributed by atoms with Crippen molar-refractivity contribution in [3.63, 3.8) is 0 Å². The SMILES string of the molecule is C[C@@H](NC(=O)N(C)CCCN1c2ccccc2CCc2ccccc21)C(=O)O. The molecule has 148 valence electrons. The second-order valence-electron chi connectivity index (χ2n) is 7.19. The van der Waals surface area contributed by atoms with Crippen molar-refractivity contribution in [3.05, 3.63) is 59.7 Å². The minimum atomic E-state index is -1.04. The van der Waals surface area contributed by atoms with Gasteiger partial charge in [0.05, 0.1) is 0 Å². The van der Waals surface area contributed by atoms with E-state index < -0.39 is 12.0 Å². The molecule has 6 nitrogen and oxygen atoms in total. The molecule has 0 saturated carbocycles. The highest BCUT2D eigenvalue weighted by Crippen LogP contribution is 2.35. The first-order chi connectivity index (χ1) is 13.5. The minimum absolute atomic E-state index is 0.369. The van der Waals surface area contributed by atoms with Crippen molar-refractivity contribution in [3.8, 4) is 0 Å². The van der Waals surface area contributed by atoms with Gasteiger partial charge in [-0.05, 0) is 49.4 Å². The third kappa shape index (κ3) is 4.44. The van der Waals surface area contributed by atoms with E-state index in [0.717, 1.165) is 25.8 Å². The maximum atomic E-state index is 12.1. The predicted octanol–water partition coefficient (Wildman–Crippen LogP) is 3.43. The maximum Gasteiger partial charge on any atom is 0.325 e. The van der Waals surface area contributed by atoms with Crippen LogP contribution in [-0.2, 0) is 17.6 Å². The third-order valence-corrected chi connectivity index (χ3v) is 5.16. The van der Waals surface area contributed by atoms with Gasteiger partial charge in [-0.3, -0.25) is 4.79 Å². The molecule has 1 heterocycles. The number of hydrogen-bond donors (Lipinski definition) is 2. The standard InChI is InChI=1S/C22H27N3O3/c1-16(21(26)27)23-22(28)24(2)14-7-15-25-19-10-5-3-8-17(19)12-13-18-9-4-6-11-20(18)25/h3-6,8-11,16H,7,12-15H2,1-2H3,(H,23,28)(H,26,27)/t16-/m1/s1. The molecule has 3 rings (SSSR count). The molecule has 6 heteroatoms. The molecule has 0 unspecified atom stereocenters. The summed E-state index contributed by atoms with van der Waals surface area (Å²) in [5.41, 5.74) is 5.11. The smallest absolute Gasteiger partial charge is 0.325 e. The lowest BCUT2D eigenvalue weighted by molar-refractivity contribution is -0.138. The zero-order valence-electron chi connectivity index (χ0n) is 16.4. The van der Waals surface area contributed by atoms with Gasteiger partial charge in [0, 0.05) is 31.5 Å². The van der Waals surface area contributed by atoms with Crippen LogP contribution >= 0.6 is 0 Å². The topological polar surface area (TPSA) is 72.9 Å². The van der Waals surface area contributed by atoms with Crippen LogP contribution in [-0.4, -0.2) is 48.2 Å². The molecule has 1 atom stereocenters. The Labute approximate surface area is 165 Å². The fourth-order valence-electron chi connectivity index (χ4n) is 3.54. The molecule has 0 aliphatic carbocycles. The molecule has 0 aromatic heterocycles. The van der Waals surface area contributed by atoms with Crippen molar-refractivity contribution in [1.82, 2.24) is 10.2 Å². The number of nitrogens with one attached hydrogen (secondary N) is 1. The van der Waals surface area contributed by atoms with Gasteiger partial charge in [0.1, 0.15) is 6.04 Å². The maximum absolute atomic E-state index is 12.1. The second kappa shape index (κ2) is 8.78. The van der Waals surface area contributed by atoms with Crippen LogP contribution < -0.4 is 10.2 Å². The molecule has 0 bridgehead atoms. The highest BCUT2D eigenvalue weighted by molar-refractivity contribution is 5.82. The summed E-state index contributed by atoms with van der Waals surface area (Å²) in [5, 5.41) is 11.4. The van der Waals surface area contributed by atoms with E-state index in [0.29, 0.717) is 6.54 Å². The molecule has 2 aromatic carbocycles. The fourth-order valence-corrected chi connectivity index (χ4v) is 3.54. The number of para-hydroxylation sites is 2. The molecule has 28 heavy (non-hydrogen) atoms. The molecule has 1 aliphatic heterocycles. The third-order valence-electron chi connectivity index (χ3n) is 5.16. The van der Waals surface area contributed by atoms with Gasteiger partial charge < -0.3 is 20.2 Å². The Kier molecular flexibility index (Phi) is 6.19. The summed E-state index contributed by atoms with van der Waals surface area (Å²) in [7, 11) is 1.69. The summed E-state index contributed by atoms with van der Waals surface area (Å²) in [6, 6.07) is 15.7. The normalized spacial score (nSPS) is 13.7. The lowest BCUT2D eigenvalue weighted by atomic mass is 10.0. The summed E-state index contributed by atoms with van der Waals surface area (Å²) >= 11 is 0. The highest BCUT2D eigenvalue weighted by Gasteiger charge is 2.21. The quantitative estimate of drug-likeness (QED) is 0.804. The molecule has 0 spiro atoms. The first-order valence-corrected chi connectivity index (χ1v) is 9.65. The molecule has 2 amide bonds. The van der Waals surface area contributed by atoms with Gasteiger partial charge in [0.25, 0.3) is 0 Å². The number of carbonyl (C=O) groups excluding carboxylic acids is 1. The van der Waals surface area contributed by atoms with Crippen LogP contribution in [0.25, 0.3) is 0 Å². The molecule has 0 saturated heterocycles. The number of aliphatic carboxylic acids is 1. The minimum Gasteiger partial charge on any atom is -0.480 e. The van der Waals surface area contributed by atoms with Crippen LogP contribution in [0.3, 0.4) is 0 Å². The van der Waals surface area contributed by atoms with Gasteiger partial charge in [0.15, 0.2) is 0 Å². The van der Waals surface area contributed by atoms with Crippen molar-refractivity contribution in [2.45, 2.75) is 32.2 Å². The van der Waals surface area contributed by atoms with E-state index in [1.165, 1.54) is 34.3 Å². The van der Waals surface area contributed by atoms with Crippen LogP contribution in [0.1, 0.15) is 24.5 Å². The van der Waals surface area contributed by atoms with Gasteiger partial charge in [-0.15, -0.1) is 0 Å². The van der Waals surface area contributed by atoms with Crippen molar-refractivity contribution in [2.24, 2.45) is 0 Å². The van der Waals surface area contributed by atoms with Crippen LogP contribution in [0, 0.1) is 0 Å². The Morgan fingerprint density at radius 2 is 1.61 bits per heavy atom. The van der Waals surface area contributed by atoms with Gasteiger partial charge in [-0.1, -0.05) is 36.4 Å². The van der Waals surface area contributed by atoms with Crippen molar-refractivity contribution >= 4 is 23.4 Å². The Bertz CT molecular complexity index is 805. The fraction of sp³-hybridized carbons (Fsp3) is 0.364. The van der Waals surface area contributed by atoms with Gasteiger partial charge in [-0.2, -0.15) is 0 Å². The number of fused-ring (bicyclic) bond motifs is 2. The number of carboxylic acid groups (broad SMARTS) is 1. The number of benzene rings is 2. The molecule has 0 fully saturated rings. The average Bonchev–Trinajstić information content (AvgIpc) is 2.85. The number of anilines is 2. The molecule has 1 aliphatic rings. The molecular formula is C22H27N3O3. The Morgan fingerprint density at radius 3 is 2.14 bits per heavy atom. The van der Waals surface area contributed by atoms with Crippen LogP contribution in [0.5, 0.6) is 0 Å². The number of rotatable bonds is 6. The van der Waals surface area contributed by atoms with Crippen molar-refractivity contribution in [1.29, 1.82) is 0 Å². The van der Waals surface area contributed by atoms with Crippen LogP contribution in [0.4, 0.5) is 16.2 Å². The van der Waals surface area contributed by atoms with E-state index in [9.17, 15) is 9.59 Å². The summed E-state index contributed by atoms with van der Waals surface area (Å²) in [5.74, 6) is -1.04. The van der Waals surface area contributed by atoms with E-state index >= 15 is 0 Å². The largest absolute Gasteiger partial charge is 0.480 e. The number of aryl methyl sites for hydroxylation is 2. The highest BCUT2D eigenvalue weighted by atomic mass is 16.4.